The van der Waals surface area contributed by atoms with E-state index in [2.05, 4.69) is 36.6 Å². The van der Waals surface area contributed by atoms with E-state index < -0.39 is 22.0 Å². The number of sulfonamides is 1. The zero-order valence-corrected chi connectivity index (χ0v) is 13.3. The Morgan fingerprint density at radius 3 is 2.56 bits per heavy atom. The lowest BCUT2D eigenvalue weighted by atomic mass is 10.3. The first-order chi connectivity index (χ1) is 8.22. The van der Waals surface area contributed by atoms with Gasteiger partial charge in [-0.25, -0.2) is 13.1 Å². The second kappa shape index (κ2) is 6.14. The second-order valence-electron chi connectivity index (χ2n) is 3.69. The number of rotatable bonds is 5. The predicted octanol–water partition coefficient (Wildman–Crippen LogP) is 2.35. The Bertz CT molecular complexity index is 559. The van der Waals surface area contributed by atoms with Crippen molar-refractivity contribution in [1.82, 2.24) is 4.72 Å². The Labute approximate surface area is 122 Å². The molecule has 1 aromatic carbocycles. The summed E-state index contributed by atoms with van der Waals surface area (Å²) in [5, 5.41) is 8.59. The van der Waals surface area contributed by atoms with E-state index in [0.717, 1.165) is 4.47 Å². The third-order valence-corrected chi connectivity index (χ3v) is 5.08. The molecule has 100 valence electrons. The van der Waals surface area contributed by atoms with Crippen molar-refractivity contribution in [1.29, 1.82) is 0 Å². The Hall–Kier alpha value is -0.440. The first-order valence-electron chi connectivity index (χ1n) is 4.91. The van der Waals surface area contributed by atoms with Gasteiger partial charge in [-0.3, -0.25) is 4.79 Å². The lowest BCUT2D eigenvalue weighted by molar-refractivity contribution is -0.137. The topological polar surface area (TPSA) is 83.5 Å². The molecular weight excluding hydrogens is 390 g/mol. The Balaban J connectivity index is 2.96. The van der Waals surface area contributed by atoms with Crippen molar-refractivity contribution in [2.24, 2.45) is 0 Å². The smallest absolute Gasteiger partial charge is 0.304 e. The standard InChI is InChI=1S/C10H11Br2NO4S/c1-6(4-10(14)15)13-18(16,17)9-3-2-7(11)5-8(9)12/h2-3,5-6,13H,4H2,1H3,(H,14,15). The van der Waals surface area contributed by atoms with Gasteiger partial charge < -0.3 is 5.11 Å². The molecule has 2 N–H and O–H groups in total. The van der Waals surface area contributed by atoms with E-state index in [9.17, 15) is 13.2 Å². The van der Waals surface area contributed by atoms with Gasteiger partial charge in [-0.1, -0.05) is 15.9 Å². The first kappa shape index (κ1) is 15.6. The van der Waals surface area contributed by atoms with Gasteiger partial charge in [0.15, 0.2) is 0 Å². The van der Waals surface area contributed by atoms with Crippen LogP contribution < -0.4 is 4.72 Å². The molecule has 1 rings (SSSR count). The van der Waals surface area contributed by atoms with Crippen LogP contribution in [-0.4, -0.2) is 25.5 Å². The fourth-order valence-electron chi connectivity index (χ4n) is 1.33. The van der Waals surface area contributed by atoms with Gasteiger partial charge >= 0.3 is 5.97 Å². The van der Waals surface area contributed by atoms with Crippen LogP contribution >= 0.6 is 31.9 Å². The molecule has 0 aliphatic carbocycles. The van der Waals surface area contributed by atoms with Crippen molar-refractivity contribution >= 4 is 47.9 Å². The van der Waals surface area contributed by atoms with Crippen LogP contribution in [0.25, 0.3) is 0 Å². The minimum Gasteiger partial charge on any atom is -0.481 e. The zero-order valence-electron chi connectivity index (χ0n) is 9.35. The number of benzene rings is 1. The summed E-state index contributed by atoms with van der Waals surface area (Å²) in [6.07, 6.45) is -0.270. The Morgan fingerprint density at radius 2 is 2.06 bits per heavy atom. The Morgan fingerprint density at radius 1 is 1.44 bits per heavy atom. The largest absolute Gasteiger partial charge is 0.481 e. The van der Waals surface area contributed by atoms with Gasteiger partial charge in [0.2, 0.25) is 10.0 Å². The lowest BCUT2D eigenvalue weighted by Crippen LogP contribution is -2.34. The normalized spacial score (nSPS) is 13.3. The van der Waals surface area contributed by atoms with Crippen LogP contribution in [0.2, 0.25) is 0 Å². The van der Waals surface area contributed by atoms with Crippen LogP contribution in [0, 0.1) is 0 Å². The number of carboxylic acid groups (broad SMARTS) is 1. The first-order valence-corrected chi connectivity index (χ1v) is 7.98. The molecule has 1 unspecified atom stereocenters. The van der Waals surface area contributed by atoms with E-state index in [1.54, 1.807) is 12.1 Å². The molecule has 8 heteroatoms. The van der Waals surface area contributed by atoms with E-state index in [-0.39, 0.29) is 11.3 Å². The third-order valence-electron chi connectivity index (χ3n) is 2.02. The highest BCUT2D eigenvalue weighted by atomic mass is 79.9. The number of aliphatic carboxylic acids is 1. The molecule has 0 saturated carbocycles. The highest BCUT2D eigenvalue weighted by Crippen LogP contribution is 2.25. The van der Waals surface area contributed by atoms with Crippen LogP contribution in [0.4, 0.5) is 0 Å². The lowest BCUT2D eigenvalue weighted by Gasteiger charge is -2.13. The average molecular weight is 401 g/mol. The summed E-state index contributed by atoms with van der Waals surface area (Å²) in [5.74, 6) is -1.06. The zero-order chi connectivity index (χ0) is 13.9. The van der Waals surface area contributed by atoms with E-state index in [1.165, 1.54) is 13.0 Å². The summed E-state index contributed by atoms with van der Waals surface area (Å²) in [5.41, 5.74) is 0. The van der Waals surface area contributed by atoms with Crippen LogP contribution in [-0.2, 0) is 14.8 Å². The van der Waals surface area contributed by atoms with Gasteiger partial charge in [-0.05, 0) is 41.1 Å². The number of nitrogens with one attached hydrogen (secondary N) is 1. The molecule has 0 amide bonds. The molecule has 0 aromatic heterocycles. The molecule has 0 fully saturated rings. The quantitative estimate of drug-likeness (QED) is 0.794. The van der Waals surface area contributed by atoms with E-state index in [0.29, 0.717) is 4.47 Å². The monoisotopic (exact) mass is 399 g/mol. The number of carbonyl (C=O) groups is 1. The summed E-state index contributed by atoms with van der Waals surface area (Å²) in [6.45, 7) is 1.50. The predicted molar refractivity (Wildman–Crippen MR) is 73.9 cm³/mol. The molecule has 0 spiro atoms. The molecular formula is C10H11Br2NO4S. The van der Waals surface area contributed by atoms with Gasteiger partial charge in [-0.2, -0.15) is 0 Å². The van der Waals surface area contributed by atoms with Crippen molar-refractivity contribution in [3.8, 4) is 0 Å². The molecule has 0 saturated heterocycles. The molecule has 0 aliphatic rings. The van der Waals surface area contributed by atoms with Crippen molar-refractivity contribution in [3.05, 3.63) is 27.1 Å². The highest BCUT2D eigenvalue weighted by molar-refractivity contribution is 9.11. The SMILES string of the molecule is CC(CC(=O)O)NS(=O)(=O)c1ccc(Br)cc1Br. The average Bonchev–Trinajstić information content (AvgIpc) is 2.13. The maximum atomic E-state index is 12.0. The fourth-order valence-corrected chi connectivity index (χ4v) is 4.31. The fraction of sp³-hybridized carbons (Fsp3) is 0.300. The Kier molecular flexibility index (Phi) is 5.32. The molecule has 0 heterocycles. The third kappa shape index (κ3) is 4.34. The van der Waals surface area contributed by atoms with Crippen molar-refractivity contribution in [2.45, 2.75) is 24.3 Å². The minimum atomic E-state index is -3.73. The van der Waals surface area contributed by atoms with Crippen LogP contribution in [0.1, 0.15) is 13.3 Å². The molecule has 0 bridgehead atoms. The van der Waals surface area contributed by atoms with Gasteiger partial charge in [-0.15, -0.1) is 0 Å². The van der Waals surface area contributed by atoms with Gasteiger partial charge in [0, 0.05) is 15.0 Å². The van der Waals surface area contributed by atoms with E-state index in [1.807, 2.05) is 0 Å². The molecule has 0 radical (unpaired) electrons. The maximum absolute atomic E-state index is 12.0. The molecule has 18 heavy (non-hydrogen) atoms. The second-order valence-corrected chi connectivity index (χ2v) is 7.15. The minimum absolute atomic E-state index is 0.0722. The maximum Gasteiger partial charge on any atom is 0.304 e. The van der Waals surface area contributed by atoms with Crippen LogP contribution in [0.3, 0.4) is 0 Å². The van der Waals surface area contributed by atoms with Crippen LogP contribution in [0.15, 0.2) is 32.0 Å². The summed E-state index contributed by atoms with van der Waals surface area (Å²) in [7, 11) is -3.73. The van der Waals surface area contributed by atoms with E-state index in [4.69, 9.17) is 5.11 Å². The summed E-state index contributed by atoms with van der Waals surface area (Å²) < 4.78 is 27.5. The molecule has 5 nitrogen and oxygen atoms in total. The number of hydrogen-bond donors (Lipinski definition) is 2. The van der Waals surface area contributed by atoms with Gasteiger partial charge in [0.1, 0.15) is 0 Å². The molecule has 1 aromatic rings. The van der Waals surface area contributed by atoms with Gasteiger partial charge in [0.25, 0.3) is 0 Å². The summed E-state index contributed by atoms with van der Waals surface area (Å²) >= 11 is 6.38. The molecule has 0 aliphatic heterocycles. The van der Waals surface area contributed by atoms with Crippen molar-refractivity contribution in [2.75, 3.05) is 0 Å². The van der Waals surface area contributed by atoms with Gasteiger partial charge in [0.05, 0.1) is 11.3 Å². The van der Waals surface area contributed by atoms with Crippen molar-refractivity contribution < 1.29 is 18.3 Å². The van der Waals surface area contributed by atoms with Crippen molar-refractivity contribution in [3.63, 3.8) is 0 Å². The van der Waals surface area contributed by atoms with Crippen LogP contribution in [0.5, 0.6) is 0 Å². The number of carboxylic acids is 1. The van der Waals surface area contributed by atoms with E-state index >= 15 is 0 Å². The number of halogens is 2. The summed E-state index contributed by atoms with van der Waals surface area (Å²) in [4.78, 5) is 10.6. The highest BCUT2D eigenvalue weighted by Gasteiger charge is 2.21. The summed E-state index contributed by atoms with van der Waals surface area (Å²) in [6, 6.07) is 3.96. The number of hydrogen-bond acceptors (Lipinski definition) is 3. The molecule has 1 atom stereocenters.